The Morgan fingerprint density at radius 3 is 2.62 bits per heavy atom. The van der Waals surface area contributed by atoms with Crippen LogP contribution in [-0.2, 0) is 23.0 Å². The number of nitrogens with one attached hydrogen (secondary N) is 1. The van der Waals surface area contributed by atoms with Gasteiger partial charge in [0.1, 0.15) is 0 Å². The number of benzene rings is 1. The van der Waals surface area contributed by atoms with E-state index in [1.807, 2.05) is 12.1 Å². The van der Waals surface area contributed by atoms with Crippen molar-refractivity contribution in [3.63, 3.8) is 0 Å². The van der Waals surface area contributed by atoms with Crippen molar-refractivity contribution in [2.24, 2.45) is 5.92 Å². The van der Waals surface area contributed by atoms with Gasteiger partial charge in [0.05, 0.1) is 4.90 Å². The fourth-order valence-corrected chi connectivity index (χ4v) is 4.42. The zero-order chi connectivity index (χ0) is 15.5. The molecule has 1 atom stereocenters. The average molecular weight is 310 g/mol. The van der Waals surface area contributed by atoms with Crippen LogP contribution in [0.15, 0.2) is 23.1 Å². The second-order valence-corrected chi connectivity index (χ2v) is 7.76. The third-order valence-electron chi connectivity index (χ3n) is 4.15. The number of nitrogens with zero attached hydrogens (tertiary/aromatic N) is 1. The van der Waals surface area contributed by atoms with Gasteiger partial charge in [-0.05, 0) is 48.6 Å². The van der Waals surface area contributed by atoms with Gasteiger partial charge in [-0.25, -0.2) is 8.42 Å². The first-order valence-electron chi connectivity index (χ1n) is 7.81. The Bertz CT molecular complexity index is 584. The highest BCUT2D eigenvalue weighted by Gasteiger charge is 2.30. The molecule has 0 aromatic heterocycles. The summed E-state index contributed by atoms with van der Waals surface area (Å²) in [5.74, 6) is 0.455. The van der Waals surface area contributed by atoms with E-state index in [-0.39, 0.29) is 0 Å². The largest absolute Gasteiger partial charge is 0.313 e. The predicted molar refractivity (Wildman–Crippen MR) is 85.7 cm³/mol. The average Bonchev–Trinajstić information content (AvgIpc) is 2.92. The van der Waals surface area contributed by atoms with E-state index in [0.717, 1.165) is 31.5 Å². The maximum atomic E-state index is 12.7. The highest BCUT2D eigenvalue weighted by atomic mass is 32.2. The molecule has 1 N–H and O–H groups in total. The summed E-state index contributed by atoms with van der Waals surface area (Å²) >= 11 is 0. The minimum atomic E-state index is -3.34. The first kappa shape index (κ1) is 16.5. The summed E-state index contributed by atoms with van der Waals surface area (Å²) in [6, 6.07) is 5.56. The fraction of sp³-hybridized carbons (Fsp3) is 0.625. The van der Waals surface area contributed by atoms with Crippen molar-refractivity contribution in [3.05, 3.63) is 29.3 Å². The van der Waals surface area contributed by atoms with Crippen LogP contribution in [0.1, 0.15) is 38.3 Å². The van der Waals surface area contributed by atoms with E-state index < -0.39 is 10.0 Å². The standard InChI is InChI=1S/C16H26N2O2S/c1-4-14-6-7-16(10-15(14)11-17-5-2)21(19,20)18-9-8-13(3)12-18/h6-7,10,13,17H,4-5,8-9,11-12H2,1-3H3. The van der Waals surface area contributed by atoms with Crippen molar-refractivity contribution in [1.29, 1.82) is 0 Å². The molecule has 1 fully saturated rings. The van der Waals surface area contributed by atoms with Crippen LogP contribution < -0.4 is 5.32 Å². The molecule has 1 aromatic rings. The van der Waals surface area contributed by atoms with Crippen LogP contribution in [-0.4, -0.2) is 32.4 Å². The maximum absolute atomic E-state index is 12.7. The summed E-state index contributed by atoms with van der Waals surface area (Å²) in [6.07, 6.45) is 1.87. The molecule has 5 heteroatoms. The van der Waals surface area contributed by atoms with E-state index in [9.17, 15) is 8.42 Å². The van der Waals surface area contributed by atoms with Crippen LogP contribution in [0.4, 0.5) is 0 Å². The van der Waals surface area contributed by atoms with E-state index in [2.05, 4.69) is 26.1 Å². The van der Waals surface area contributed by atoms with Crippen molar-refractivity contribution in [1.82, 2.24) is 9.62 Å². The van der Waals surface area contributed by atoms with Crippen molar-refractivity contribution >= 4 is 10.0 Å². The first-order valence-corrected chi connectivity index (χ1v) is 9.25. The van der Waals surface area contributed by atoms with Crippen LogP contribution in [0.3, 0.4) is 0 Å². The normalized spacial score (nSPS) is 20.0. The molecule has 1 aliphatic rings. The van der Waals surface area contributed by atoms with E-state index in [1.54, 1.807) is 10.4 Å². The molecule has 0 radical (unpaired) electrons. The van der Waals surface area contributed by atoms with E-state index in [0.29, 0.717) is 23.9 Å². The lowest BCUT2D eigenvalue weighted by atomic mass is 10.1. The second kappa shape index (κ2) is 6.90. The van der Waals surface area contributed by atoms with Crippen LogP contribution in [0.5, 0.6) is 0 Å². The monoisotopic (exact) mass is 310 g/mol. The first-order chi connectivity index (χ1) is 9.98. The molecule has 1 heterocycles. The molecule has 1 unspecified atom stereocenters. The van der Waals surface area contributed by atoms with Crippen molar-refractivity contribution < 1.29 is 8.42 Å². The van der Waals surface area contributed by atoms with Crippen molar-refractivity contribution in [3.8, 4) is 0 Å². The summed E-state index contributed by atoms with van der Waals surface area (Å²) in [5, 5.41) is 3.29. The van der Waals surface area contributed by atoms with Gasteiger partial charge in [0.25, 0.3) is 0 Å². The number of hydrogen-bond acceptors (Lipinski definition) is 3. The second-order valence-electron chi connectivity index (χ2n) is 5.82. The minimum Gasteiger partial charge on any atom is -0.313 e. The Kier molecular flexibility index (Phi) is 5.41. The van der Waals surface area contributed by atoms with E-state index in [4.69, 9.17) is 0 Å². The van der Waals surface area contributed by atoms with Gasteiger partial charge in [0, 0.05) is 19.6 Å². The van der Waals surface area contributed by atoms with E-state index >= 15 is 0 Å². The highest BCUT2D eigenvalue weighted by molar-refractivity contribution is 7.89. The summed E-state index contributed by atoms with van der Waals surface area (Å²) in [6.45, 7) is 9.14. The Balaban J connectivity index is 2.30. The quantitative estimate of drug-likeness (QED) is 0.878. The molecule has 2 rings (SSSR count). The van der Waals surface area contributed by atoms with Crippen molar-refractivity contribution in [2.45, 2.75) is 45.1 Å². The van der Waals surface area contributed by atoms with Crippen LogP contribution in [0.2, 0.25) is 0 Å². The SMILES string of the molecule is CCNCc1cc(S(=O)(=O)N2CCC(C)C2)ccc1CC. The van der Waals surface area contributed by atoms with Gasteiger partial charge in [-0.3, -0.25) is 0 Å². The van der Waals surface area contributed by atoms with E-state index in [1.165, 1.54) is 5.56 Å². The third kappa shape index (κ3) is 3.65. The highest BCUT2D eigenvalue weighted by Crippen LogP contribution is 2.25. The predicted octanol–water partition coefficient (Wildman–Crippen LogP) is 2.39. The summed E-state index contributed by atoms with van der Waals surface area (Å²) < 4.78 is 27.0. The van der Waals surface area contributed by atoms with Gasteiger partial charge in [-0.15, -0.1) is 0 Å². The van der Waals surface area contributed by atoms with Gasteiger partial charge in [-0.2, -0.15) is 4.31 Å². The number of aryl methyl sites for hydroxylation is 1. The lowest BCUT2D eigenvalue weighted by molar-refractivity contribution is 0.464. The lowest BCUT2D eigenvalue weighted by Gasteiger charge is -2.18. The molecule has 1 aromatic carbocycles. The third-order valence-corrected chi connectivity index (χ3v) is 6.01. The molecule has 0 aliphatic carbocycles. The number of sulfonamides is 1. The molecule has 118 valence electrons. The molecular formula is C16H26N2O2S. The van der Waals surface area contributed by atoms with Crippen LogP contribution in [0, 0.1) is 5.92 Å². The van der Waals surface area contributed by atoms with Crippen LogP contribution in [0.25, 0.3) is 0 Å². The number of hydrogen-bond donors (Lipinski definition) is 1. The van der Waals surface area contributed by atoms with Gasteiger partial charge in [-0.1, -0.05) is 26.8 Å². The lowest BCUT2D eigenvalue weighted by Crippen LogP contribution is -2.29. The van der Waals surface area contributed by atoms with Gasteiger partial charge in [0.2, 0.25) is 10.0 Å². The minimum absolute atomic E-state index is 0.432. The molecule has 1 aliphatic heterocycles. The molecule has 21 heavy (non-hydrogen) atoms. The summed E-state index contributed by atoms with van der Waals surface area (Å²) in [5.41, 5.74) is 2.30. The smallest absolute Gasteiger partial charge is 0.243 e. The maximum Gasteiger partial charge on any atom is 0.243 e. The van der Waals surface area contributed by atoms with Gasteiger partial charge in [0.15, 0.2) is 0 Å². The summed E-state index contributed by atoms with van der Waals surface area (Å²) in [7, 11) is -3.34. The molecule has 0 saturated carbocycles. The van der Waals surface area contributed by atoms with Crippen molar-refractivity contribution in [2.75, 3.05) is 19.6 Å². The topological polar surface area (TPSA) is 49.4 Å². The number of rotatable bonds is 6. The Morgan fingerprint density at radius 2 is 2.05 bits per heavy atom. The Labute approximate surface area is 128 Å². The molecule has 0 spiro atoms. The molecule has 0 amide bonds. The zero-order valence-electron chi connectivity index (χ0n) is 13.2. The Morgan fingerprint density at radius 1 is 1.29 bits per heavy atom. The molecule has 0 bridgehead atoms. The molecule has 1 saturated heterocycles. The van der Waals surface area contributed by atoms with Gasteiger partial charge < -0.3 is 5.32 Å². The molecular weight excluding hydrogens is 284 g/mol. The van der Waals surface area contributed by atoms with Gasteiger partial charge >= 0.3 is 0 Å². The zero-order valence-corrected chi connectivity index (χ0v) is 14.0. The summed E-state index contributed by atoms with van der Waals surface area (Å²) in [4.78, 5) is 0.432. The Hall–Kier alpha value is -0.910. The van der Waals surface area contributed by atoms with Crippen LogP contribution >= 0.6 is 0 Å². The fourth-order valence-electron chi connectivity index (χ4n) is 2.79. The molecule has 4 nitrogen and oxygen atoms in total.